The molecule has 1 aliphatic rings. The molecule has 1 aromatic rings. The lowest BCUT2D eigenvalue weighted by Crippen LogP contribution is -2.47. The van der Waals surface area contributed by atoms with Crippen molar-refractivity contribution in [1.29, 1.82) is 0 Å². The highest BCUT2D eigenvalue weighted by Gasteiger charge is 2.18. The molecule has 2 N–H and O–H groups in total. The summed E-state index contributed by atoms with van der Waals surface area (Å²) in [6, 6.07) is 8.46. The fraction of sp³-hybridized carbons (Fsp3) is 0.625. The summed E-state index contributed by atoms with van der Waals surface area (Å²) in [5.74, 6) is 0.574. The van der Waals surface area contributed by atoms with Crippen LogP contribution in [0.15, 0.2) is 24.3 Å². The number of hydrogen-bond donors (Lipinski definition) is 1. The lowest BCUT2D eigenvalue weighted by atomic mass is 10.0. The van der Waals surface area contributed by atoms with Crippen molar-refractivity contribution in [3.05, 3.63) is 29.3 Å². The van der Waals surface area contributed by atoms with Gasteiger partial charge in [-0.25, -0.2) is 0 Å². The van der Waals surface area contributed by atoms with E-state index in [0.29, 0.717) is 12.0 Å². The molecule has 0 bridgehead atoms. The Balaban J connectivity index is 1.76. The second kappa shape index (κ2) is 7.30. The van der Waals surface area contributed by atoms with E-state index in [1.807, 2.05) is 12.1 Å². The molecule has 0 amide bonds. The van der Waals surface area contributed by atoms with Gasteiger partial charge in [0.15, 0.2) is 0 Å². The molecule has 20 heavy (non-hydrogen) atoms. The molecule has 2 rings (SSSR count). The van der Waals surface area contributed by atoms with Crippen molar-refractivity contribution >= 4 is 17.3 Å². The first-order valence-corrected chi connectivity index (χ1v) is 7.92. The van der Waals surface area contributed by atoms with Gasteiger partial charge in [0, 0.05) is 42.9 Å². The molecular weight excluding hydrogens is 270 g/mol. The molecule has 3 nitrogen and oxygen atoms in total. The predicted octanol–water partition coefficient (Wildman–Crippen LogP) is 2.84. The largest absolute Gasteiger partial charge is 0.369 e. The van der Waals surface area contributed by atoms with Gasteiger partial charge >= 0.3 is 0 Å². The third kappa shape index (κ3) is 4.37. The topological polar surface area (TPSA) is 32.5 Å². The number of anilines is 1. The Hall–Kier alpha value is -0.770. The van der Waals surface area contributed by atoms with Crippen LogP contribution in [0.4, 0.5) is 5.69 Å². The van der Waals surface area contributed by atoms with Gasteiger partial charge in [-0.15, -0.1) is 0 Å². The molecule has 0 aromatic heterocycles. The fourth-order valence-corrected chi connectivity index (χ4v) is 2.67. The summed E-state index contributed by atoms with van der Waals surface area (Å²) in [6.45, 7) is 9.91. The van der Waals surface area contributed by atoms with E-state index in [9.17, 15) is 0 Å². The van der Waals surface area contributed by atoms with E-state index in [-0.39, 0.29) is 0 Å². The van der Waals surface area contributed by atoms with Crippen molar-refractivity contribution in [2.75, 3.05) is 37.6 Å². The minimum Gasteiger partial charge on any atom is -0.369 e. The lowest BCUT2D eigenvalue weighted by Gasteiger charge is -2.36. The number of nitrogens with two attached hydrogens (primary N) is 1. The maximum Gasteiger partial charge on any atom is 0.0407 e. The SMILES string of the molecule is CC(C)C(N)CCN1CCN(c2ccc(Cl)cc2)CC1. The first-order chi connectivity index (χ1) is 9.56. The standard InChI is InChI=1S/C16H26ClN3/c1-13(2)16(18)7-8-19-9-11-20(12-10-19)15-5-3-14(17)4-6-15/h3-6,13,16H,7-12,18H2,1-2H3. The van der Waals surface area contributed by atoms with Gasteiger partial charge in [0.1, 0.15) is 0 Å². The average molecular weight is 296 g/mol. The summed E-state index contributed by atoms with van der Waals surface area (Å²) in [5.41, 5.74) is 7.39. The van der Waals surface area contributed by atoms with Gasteiger partial charge in [-0.05, 0) is 43.1 Å². The van der Waals surface area contributed by atoms with Gasteiger partial charge in [-0.2, -0.15) is 0 Å². The lowest BCUT2D eigenvalue weighted by molar-refractivity contribution is 0.241. The Bertz CT molecular complexity index is 397. The average Bonchev–Trinajstić information content (AvgIpc) is 2.46. The highest BCUT2D eigenvalue weighted by atomic mass is 35.5. The van der Waals surface area contributed by atoms with E-state index in [1.165, 1.54) is 5.69 Å². The number of halogens is 1. The van der Waals surface area contributed by atoms with Crippen molar-refractivity contribution in [3.63, 3.8) is 0 Å². The first kappa shape index (κ1) is 15.6. The molecular formula is C16H26ClN3. The molecule has 4 heteroatoms. The van der Waals surface area contributed by atoms with Gasteiger partial charge in [-0.3, -0.25) is 4.90 Å². The maximum absolute atomic E-state index is 6.12. The Labute approximate surface area is 127 Å². The molecule has 1 heterocycles. The zero-order valence-corrected chi connectivity index (χ0v) is 13.3. The van der Waals surface area contributed by atoms with Crippen LogP contribution in [0.5, 0.6) is 0 Å². The fourth-order valence-electron chi connectivity index (χ4n) is 2.55. The van der Waals surface area contributed by atoms with Crippen LogP contribution in [-0.2, 0) is 0 Å². The van der Waals surface area contributed by atoms with Crippen LogP contribution >= 0.6 is 11.6 Å². The van der Waals surface area contributed by atoms with Gasteiger partial charge in [-0.1, -0.05) is 25.4 Å². The zero-order chi connectivity index (χ0) is 14.5. The van der Waals surface area contributed by atoms with E-state index in [2.05, 4.69) is 35.8 Å². The molecule has 1 fully saturated rings. The van der Waals surface area contributed by atoms with E-state index in [0.717, 1.165) is 44.2 Å². The van der Waals surface area contributed by atoms with Crippen molar-refractivity contribution in [2.24, 2.45) is 11.7 Å². The van der Waals surface area contributed by atoms with Crippen LogP contribution in [0.1, 0.15) is 20.3 Å². The molecule has 1 aromatic carbocycles. The number of hydrogen-bond acceptors (Lipinski definition) is 3. The Kier molecular flexibility index (Phi) is 5.70. The molecule has 0 spiro atoms. The molecule has 0 radical (unpaired) electrons. The van der Waals surface area contributed by atoms with E-state index in [4.69, 9.17) is 17.3 Å². The van der Waals surface area contributed by atoms with Gasteiger partial charge in [0.25, 0.3) is 0 Å². The van der Waals surface area contributed by atoms with Crippen LogP contribution < -0.4 is 10.6 Å². The van der Waals surface area contributed by atoms with Crippen LogP contribution in [0.2, 0.25) is 5.02 Å². The molecule has 1 aliphatic heterocycles. The monoisotopic (exact) mass is 295 g/mol. The summed E-state index contributed by atoms with van der Waals surface area (Å²) in [4.78, 5) is 4.95. The smallest absolute Gasteiger partial charge is 0.0407 e. The van der Waals surface area contributed by atoms with Gasteiger partial charge < -0.3 is 10.6 Å². The van der Waals surface area contributed by atoms with E-state index < -0.39 is 0 Å². The van der Waals surface area contributed by atoms with Crippen molar-refractivity contribution in [3.8, 4) is 0 Å². The van der Waals surface area contributed by atoms with Crippen LogP contribution in [0, 0.1) is 5.92 Å². The Morgan fingerprint density at radius 2 is 1.70 bits per heavy atom. The molecule has 1 saturated heterocycles. The number of benzene rings is 1. The van der Waals surface area contributed by atoms with Crippen LogP contribution in [0.3, 0.4) is 0 Å². The van der Waals surface area contributed by atoms with E-state index >= 15 is 0 Å². The highest BCUT2D eigenvalue weighted by Crippen LogP contribution is 2.19. The number of nitrogens with zero attached hydrogens (tertiary/aromatic N) is 2. The Morgan fingerprint density at radius 1 is 1.10 bits per heavy atom. The number of piperazine rings is 1. The van der Waals surface area contributed by atoms with Crippen molar-refractivity contribution in [1.82, 2.24) is 4.90 Å². The maximum atomic E-state index is 6.12. The predicted molar refractivity (Wildman–Crippen MR) is 87.5 cm³/mol. The van der Waals surface area contributed by atoms with Gasteiger partial charge in [0.2, 0.25) is 0 Å². The minimum atomic E-state index is 0.323. The summed E-state index contributed by atoms with van der Waals surface area (Å²) < 4.78 is 0. The van der Waals surface area contributed by atoms with Crippen molar-refractivity contribution < 1.29 is 0 Å². The third-order valence-corrected chi connectivity index (χ3v) is 4.45. The van der Waals surface area contributed by atoms with Gasteiger partial charge in [0.05, 0.1) is 0 Å². The molecule has 0 saturated carbocycles. The molecule has 0 aliphatic carbocycles. The normalized spacial score (nSPS) is 18.6. The number of rotatable bonds is 5. The molecule has 112 valence electrons. The van der Waals surface area contributed by atoms with Crippen molar-refractivity contribution in [2.45, 2.75) is 26.3 Å². The zero-order valence-electron chi connectivity index (χ0n) is 12.6. The quantitative estimate of drug-likeness (QED) is 0.907. The summed E-state index contributed by atoms with van der Waals surface area (Å²) in [6.07, 6.45) is 1.10. The van der Waals surface area contributed by atoms with Crippen LogP contribution in [-0.4, -0.2) is 43.7 Å². The third-order valence-electron chi connectivity index (χ3n) is 4.20. The highest BCUT2D eigenvalue weighted by molar-refractivity contribution is 6.30. The summed E-state index contributed by atoms with van der Waals surface area (Å²) in [5, 5.41) is 0.801. The first-order valence-electron chi connectivity index (χ1n) is 7.54. The molecule has 1 unspecified atom stereocenters. The minimum absolute atomic E-state index is 0.323. The molecule has 1 atom stereocenters. The van der Waals surface area contributed by atoms with Crippen LogP contribution in [0.25, 0.3) is 0 Å². The van der Waals surface area contributed by atoms with E-state index in [1.54, 1.807) is 0 Å². The summed E-state index contributed by atoms with van der Waals surface area (Å²) in [7, 11) is 0. The summed E-state index contributed by atoms with van der Waals surface area (Å²) >= 11 is 5.93. The Morgan fingerprint density at radius 3 is 2.25 bits per heavy atom. The second-order valence-corrected chi connectivity index (χ2v) is 6.44. The second-order valence-electron chi connectivity index (χ2n) is 6.00.